The standard InChI is InChI=1S/C24H26ClFN4O3/c1-2-32-20-7-4-16(5-8-20)23-28-22(33-29-23)14-27-24(31)17-9-11-30(12-10-17)15-18-3-6-19(25)13-21(18)26/h3-8,13,17H,2,9-12,14-15H2,1H3,(H,27,31). The van der Waals surface area contributed by atoms with E-state index >= 15 is 0 Å². The van der Waals surface area contributed by atoms with Gasteiger partial charge in [-0.3, -0.25) is 9.69 Å². The van der Waals surface area contributed by atoms with Crippen LogP contribution in [-0.2, 0) is 17.9 Å². The van der Waals surface area contributed by atoms with Crippen LogP contribution < -0.4 is 10.1 Å². The van der Waals surface area contributed by atoms with Crippen molar-refractivity contribution >= 4 is 17.5 Å². The molecule has 9 heteroatoms. The van der Waals surface area contributed by atoms with Gasteiger partial charge in [-0.25, -0.2) is 4.39 Å². The van der Waals surface area contributed by atoms with Crippen LogP contribution in [0.15, 0.2) is 47.0 Å². The third kappa shape index (κ3) is 6.09. The molecule has 1 fully saturated rings. The van der Waals surface area contributed by atoms with E-state index in [4.69, 9.17) is 20.9 Å². The summed E-state index contributed by atoms with van der Waals surface area (Å²) in [6, 6.07) is 12.2. The second-order valence-electron chi connectivity index (χ2n) is 7.97. The average molecular weight is 473 g/mol. The van der Waals surface area contributed by atoms with Gasteiger partial charge in [-0.15, -0.1) is 0 Å². The molecule has 2 aromatic carbocycles. The van der Waals surface area contributed by atoms with Gasteiger partial charge in [-0.2, -0.15) is 4.98 Å². The number of aromatic nitrogens is 2. The first-order chi connectivity index (χ1) is 16.0. The lowest BCUT2D eigenvalue weighted by Gasteiger charge is -2.31. The average Bonchev–Trinajstić information content (AvgIpc) is 3.30. The van der Waals surface area contributed by atoms with E-state index in [9.17, 15) is 9.18 Å². The Hall–Kier alpha value is -2.97. The smallest absolute Gasteiger partial charge is 0.246 e. The lowest BCUT2D eigenvalue weighted by molar-refractivity contribution is -0.126. The number of likely N-dealkylation sites (tertiary alicyclic amines) is 1. The van der Waals surface area contributed by atoms with Crippen molar-refractivity contribution in [3.8, 4) is 17.1 Å². The monoisotopic (exact) mass is 472 g/mol. The molecule has 1 aliphatic heterocycles. The molecule has 1 N–H and O–H groups in total. The molecule has 7 nitrogen and oxygen atoms in total. The van der Waals surface area contributed by atoms with Gasteiger partial charge in [0.05, 0.1) is 13.2 Å². The highest BCUT2D eigenvalue weighted by atomic mass is 35.5. The fourth-order valence-electron chi connectivity index (χ4n) is 3.86. The Morgan fingerprint density at radius 2 is 2.00 bits per heavy atom. The van der Waals surface area contributed by atoms with Crippen molar-refractivity contribution in [2.24, 2.45) is 5.92 Å². The number of ether oxygens (including phenoxy) is 1. The first-order valence-electron chi connectivity index (χ1n) is 11.0. The van der Waals surface area contributed by atoms with E-state index in [0.29, 0.717) is 48.3 Å². The van der Waals surface area contributed by atoms with Gasteiger partial charge in [0.2, 0.25) is 17.6 Å². The fraction of sp³-hybridized carbons (Fsp3) is 0.375. The van der Waals surface area contributed by atoms with Crippen molar-refractivity contribution in [3.63, 3.8) is 0 Å². The predicted molar refractivity (Wildman–Crippen MR) is 122 cm³/mol. The Morgan fingerprint density at radius 3 is 2.70 bits per heavy atom. The number of carbonyl (C=O) groups excluding carboxylic acids is 1. The molecule has 1 aliphatic rings. The molecular weight excluding hydrogens is 447 g/mol. The van der Waals surface area contributed by atoms with Crippen molar-refractivity contribution in [1.82, 2.24) is 20.4 Å². The highest BCUT2D eigenvalue weighted by Crippen LogP contribution is 2.23. The lowest BCUT2D eigenvalue weighted by Crippen LogP contribution is -2.40. The molecule has 3 aromatic rings. The minimum absolute atomic E-state index is 0.0341. The SMILES string of the molecule is CCOc1ccc(-c2noc(CNC(=O)C3CCN(Cc4ccc(Cl)cc4F)CC3)n2)cc1. The quantitative estimate of drug-likeness (QED) is 0.521. The summed E-state index contributed by atoms with van der Waals surface area (Å²) in [6.07, 6.45) is 1.42. The topological polar surface area (TPSA) is 80.5 Å². The molecule has 0 atom stereocenters. The highest BCUT2D eigenvalue weighted by Gasteiger charge is 2.25. The van der Waals surface area contributed by atoms with Crippen LogP contribution in [-0.4, -0.2) is 40.6 Å². The minimum atomic E-state index is -0.300. The van der Waals surface area contributed by atoms with Crippen molar-refractivity contribution in [2.45, 2.75) is 32.9 Å². The fourth-order valence-corrected chi connectivity index (χ4v) is 4.02. The number of piperidine rings is 1. The second kappa shape index (κ2) is 10.8. The molecule has 2 heterocycles. The maximum absolute atomic E-state index is 14.0. The van der Waals surface area contributed by atoms with E-state index in [1.165, 1.54) is 6.07 Å². The zero-order valence-electron chi connectivity index (χ0n) is 18.4. The summed E-state index contributed by atoms with van der Waals surface area (Å²) in [5.41, 5.74) is 1.42. The molecule has 4 rings (SSSR count). The Balaban J connectivity index is 1.23. The van der Waals surface area contributed by atoms with Crippen molar-refractivity contribution in [1.29, 1.82) is 0 Å². The molecule has 0 radical (unpaired) electrons. The number of nitrogens with zero attached hydrogens (tertiary/aromatic N) is 3. The van der Waals surface area contributed by atoms with Gasteiger partial charge < -0.3 is 14.6 Å². The third-order valence-corrected chi connectivity index (χ3v) is 5.91. The van der Waals surface area contributed by atoms with E-state index in [2.05, 4.69) is 20.4 Å². The van der Waals surface area contributed by atoms with E-state index in [1.807, 2.05) is 31.2 Å². The van der Waals surface area contributed by atoms with E-state index < -0.39 is 0 Å². The van der Waals surface area contributed by atoms with Crippen LogP contribution in [0.3, 0.4) is 0 Å². The lowest BCUT2D eigenvalue weighted by atomic mass is 9.95. The first-order valence-corrected chi connectivity index (χ1v) is 11.4. The van der Waals surface area contributed by atoms with Gasteiger partial charge in [0.15, 0.2) is 0 Å². The number of hydrogen-bond acceptors (Lipinski definition) is 6. The van der Waals surface area contributed by atoms with Gasteiger partial charge in [0.25, 0.3) is 0 Å². The Labute approximate surface area is 196 Å². The molecule has 1 aromatic heterocycles. The molecule has 174 valence electrons. The van der Waals surface area contributed by atoms with Crippen LogP contribution in [0.1, 0.15) is 31.2 Å². The van der Waals surface area contributed by atoms with Crippen molar-refractivity contribution in [3.05, 3.63) is 64.8 Å². The van der Waals surface area contributed by atoms with Gasteiger partial charge in [0.1, 0.15) is 11.6 Å². The van der Waals surface area contributed by atoms with Gasteiger partial charge in [-0.1, -0.05) is 22.8 Å². The van der Waals surface area contributed by atoms with Gasteiger partial charge in [-0.05, 0) is 69.3 Å². The maximum Gasteiger partial charge on any atom is 0.246 e. The number of hydrogen-bond donors (Lipinski definition) is 1. The summed E-state index contributed by atoms with van der Waals surface area (Å²) in [7, 11) is 0. The number of nitrogens with one attached hydrogen (secondary N) is 1. The third-order valence-electron chi connectivity index (χ3n) is 5.67. The number of benzene rings is 2. The molecule has 0 aliphatic carbocycles. The molecule has 1 saturated heterocycles. The Morgan fingerprint density at radius 1 is 1.24 bits per heavy atom. The highest BCUT2D eigenvalue weighted by molar-refractivity contribution is 6.30. The molecule has 33 heavy (non-hydrogen) atoms. The van der Waals surface area contributed by atoms with Gasteiger partial charge >= 0.3 is 0 Å². The zero-order valence-corrected chi connectivity index (χ0v) is 19.1. The normalized spacial score (nSPS) is 14.9. The number of rotatable bonds is 8. The summed E-state index contributed by atoms with van der Waals surface area (Å²) >= 11 is 5.82. The van der Waals surface area contributed by atoms with Crippen molar-refractivity contribution in [2.75, 3.05) is 19.7 Å². The van der Waals surface area contributed by atoms with Crippen LogP contribution in [0, 0.1) is 11.7 Å². The molecule has 0 unspecified atom stereocenters. The Kier molecular flexibility index (Phi) is 7.57. The van der Waals surface area contributed by atoms with Crippen molar-refractivity contribution < 1.29 is 18.4 Å². The second-order valence-corrected chi connectivity index (χ2v) is 8.41. The number of carbonyl (C=O) groups is 1. The largest absolute Gasteiger partial charge is 0.494 e. The van der Waals surface area contributed by atoms with E-state index in [1.54, 1.807) is 12.1 Å². The Bertz CT molecular complexity index is 1080. The molecule has 0 saturated carbocycles. The summed E-state index contributed by atoms with van der Waals surface area (Å²) in [5.74, 6) is 1.17. The zero-order chi connectivity index (χ0) is 23.2. The summed E-state index contributed by atoms with van der Waals surface area (Å²) in [6.45, 7) is 4.67. The minimum Gasteiger partial charge on any atom is -0.494 e. The van der Waals surface area contributed by atoms with Crippen LogP contribution >= 0.6 is 11.6 Å². The maximum atomic E-state index is 14.0. The number of halogens is 2. The molecular formula is C24H26ClFN4O3. The molecule has 1 amide bonds. The summed E-state index contributed by atoms with van der Waals surface area (Å²) in [4.78, 5) is 19.1. The summed E-state index contributed by atoms with van der Waals surface area (Å²) in [5, 5.41) is 7.27. The van der Waals surface area contributed by atoms with E-state index in [-0.39, 0.29) is 24.2 Å². The van der Waals surface area contributed by atoms with E-state index in [0.717, 1.165) is 24.4 Å². The van der Waals surface area contributed by atoms with Crippen LogP contribution in [0.4, 0.5) is 4.39 Å². The van der Waals surface area contributed by atoms with Crippen LogP contribution in [0.5, 0.6) is 5.75 Å². The number of amides is 1. The summed E-state index contributed by atoms with van der Waals surface area (Å²) < 4.78 is 24.7. The van der Waals surface area contributed by atoms with Gasteiger partial charge in [0, 0.05) is 28.6 Å². The van der Waals surface area contributed by atoms with Crippen LogP contribution in [0.25, 0.3) is 11.4 Å². The molecule has 0 spiro atoms. The van der Waals surface area contributed by atoms with Crippen LogP contribution in [0.2, 0.25) is 5.02 Å². The first kappa shape index (κ1) is 23.2. The molecule has 0 bridgehead atoms. The predicted octanol–water partition coefficient (Wildman–Crippen LogP) is 4.46.